The molecule has 0 spiro atoms. The number of rotatable bonds is 6. The van der Waals surface area contributed by atoms with E-state index < -0.39 is 0 Å². The minimum Gasteiger partial charge on any atom is -0.493 e. The lowest BCUT2D eigenvalue weighted by Crippen LogP contribution is -2.11. The molecule has 0 aliphatic carbocycles. The third-order valence-electron chi connectivity index (χ3n) is 4.02. The number of benzene rings is 2. The lowest BCUT2D eigenvalue weighted by molar-refractivity contribution is 0.308. The van der Waals surface area contributed by atoms with Crippen molar-refractivity contribution >= 4 is 26.8 Å². The Balaban J connectivity index is 1.90. The minimum absolute atomic E-state index is 0.267. The minimum atomic E-state index is -0.267. The van der Waals surface area contributed by atoms with E-state index in [0.29, 0.717) is 17.9 Å². The Labute approximate surface area is 149 Å². The molecule has 126 valence electrons. The van der Waals surface area contributed by atoms with Crippen molar-refractivity contribution in [3.63, 3.8) is 0 Å². The van der Waals surface area contributed by atoms with Crippen molar-refractivity contribution in [3.05, 3.63) is 52.9 Å². The summed E-state index contributed by atoms with van der Waals surface area (Å²) in [4.78, 5) is 0. The van der Waals surface area contributed by atoms with Crippen LogP contribution in [-0.2, 0) is 7.05 Å². The first kappa shape index (κ1) is 17.0. The van der Waals surface area contributed by atoms with Crippen LogP contribution in [0, 0.1) is 5.82 Å². The SMILES string of the molecule is CNCCCOc1ccc(-c2cn(C)c3cc(Br)ccc23)c(F)c1. The molecule has 0 saturated carbocycles. The van der Waals surface area contributed by atoms with Crippen molar-refractivity contribution in [2.24, 2.45) is 7.05 Å². The smallest absolute Gasteiger partial charge is 0.134 e. The summed E-state index contributed by atoms with van der Waals surface area (Å²) in [5.74, 6) is 0.298. The molecule has 24 heavy (non-hydrogen) atoms. The second-order valence-corrected chi connectivity index (χ2v) is 6.68. The van der Waals surface area contributed by atoms with E-state index in [2.05, 4.69) is 21.2 Å². The zero-order valence-electron chi connectivity index (χ0n) is 13.8. The maximum Gasteiger partial charge on any atom is 0.134 e. The lowest BCUT2D eigenvalue weighted by atomic mass is 10.0. The number of nitrogens with one attached hydrogen (secondary N) is 1. The first-order chi connectivity index (χ1) is 11.6. The maximum absolute atomic E-state index is 14.6. The number of aryl methyl sites for hydroxylation is 1. The molecule has 2 aromatic carbocycles. The average molecular weight is 391 g/mol. The molecule has 0 aliphatic heterocycles. The van der Waals surface area contributed by atoms with Gasteiger partial charge in [0.25, 0.3) is 0 Å². The Hall–Kier alpha value is -1.85. The predicted octanol–water partition coefficient (Wildman–Crippen LogP) is 4.74. The van der Waals surface area contributed by atoms with Crippen LogP contribution < -0.4 is 10.1 Å². The van der Waals surface area contributed by atoms with Crippen LogP contribution in [0.25, 0.3) is 22.0 Å². The number of halogens is 2. The summed E-state index contributed by atoms with van der Waals surface area (Å²) in [5.41, 5.74) is 2.54. The molecule has 0 fully saturated rings. The van der Waals surface area contributed by atoms with E-state index >= 15 is 0 Å². The highest BCUT2D eigenvalue weighted by Crippen LogP contribution is 2.34. The van der Waals surface area contributed by atoms with Gasteiger partial charge in [0.1, 0.15) is 11.6 Å². The van der Waals surface area contributed by atoms with Gasteiger partial charge in [-0.25, -0.2) is 4.39 Å². The Morgan fingerprint density at radius 2 is 2.00 bits per heavy atom. The molecular formula is C19H20BrFN2O. The number of hydrogen-bond acceptors (Lipinski definition) is 2. The summed E-state index contributed by atoms with van der Waals surface area (Å²) < 4.78 is 23.2. The molecule has 0 bridgehead atoms. The monoisotopic (exact) mass is 390 g/mol. The number of aromatic nitrogens is 1. The number of ether oxygens (including phenoxy) is 1. The van der Waals surface area contributed by atoms with Crippen molar-refractivity contribution in [2.45, 2.75) is 6.42 Å². The van der Waals surface area contributed by atoms with Gasteiger partial charge in [-0.1, -0.05) is 22.0 Å². The Kier molecular flexibility index (Phi) is 5.21. The molecule has 3 rings (SSSR count). The average Bonchev–Trinajstić information content (AvgIpc) is 2.88. The first-order valence-corrected chi connectivity index (χ1v) is 8.71. The Bertz CT molecular complexity index is 860. The highest BCUT2D eigenvalue weighted by molar-refractivity contribution is 9.10. The van der Waals surface area contributed by atoms with E-state index in [-0.39, 0.29) is 5.82 Å². The van der Waals surface area contributed by atoms with Crippen LogP contribution in [0.5, 0.6) is 5.75 Å². The van der Waals surface area contributed by atoms with Crippen LogP contribution in [0.1, 0.15) is 6.42 Å². The normalized spacial score (nSPS) is 11.2. The lowest BCUT2D eigenvalue weighted by Gasteiger charge is -2.08. The predicted molar refractivity (Wildman–Crippen MR) is 100 cm³/mol. The van der Waals surface area contributed by atoms with Gasteiger partial charge in [-0.3, -0.25) is 0 Å². The molecule has 3 nitrogen and oxygen atoms in total. The van der Waals surface area contributed by atoms with Gasteiger partial charge in [-0.15, -0.1) is 0 Å². The standard InChI is InChI=1S/C19H20BrFN2O/c1-22-8-3-9-24-14-5-7-15(18(21)11-14)17-12-23(2)19-10-13(20)4-6-16(17)19/h4-7,10-12,22H,3,8-9H2,1-2H3. The summed E-state index contributed by atoms with van der Waals surface area (Å²) in [6.07, 6.45) is 2.85. The van der Waals surface area contributed by atoms with Crippen LogP contribution in [0.3, 0.4) is 0 Å². The topological polar surface area (TPSA) is 26.2 Å². The number of fused-ring (bicyclic) bond motifs is 1. The Morgan fingerprint density at radius 3 is 2.75 bits per heavy atom. The van der Waals surface area contributed by atoms with E-state index in [1.165, 1.54) is 6.07 Å². The van der Waals surface area contributed by atoms with Gasteiger partial charge >= 0.3 is 0 Å². The third-order valence-corrected chi connectivity index (χ3v) is 4.52. The van der Waals surface area contributed by atoms with Crippen LogP contribution in [0.15, 0.2) is 47.1 Å². The van der Waals surface area contributed by atoms with E-state index in [0.717, 1.165) is 33.9 Å². The summed E-state index contributed by atoms with van der Waals surface area (Å²) >= 11 is 3.48. The van der Waals surface area contributed by atoms with Gasteiger partial charge in [-0.2, -0.15) is 0 Å². The van der Waals surface area contributed by atoms with Gasteiger partial charge in [-0.05, 0) is 44.3 Å². The van der Waals surface area contributed by atoms with Crippen molar-refractivity contribution in [1.82, 2.24) is 9.88 Å². The number of hydrogen-bond donors (Lipinski definition) is 1. The van der Waals surface area contributed by atoms with Crippen molar-refractivity contribution in [1.29, 1.82) is 0 Å². The third kappa shape index (κ3) is 3.47. The molecule has 0 aliphatic rings. The largest absolute Gasteiger partial charge is 0.493 e. The molecule has 1 aromatic heterocycles. The van der Waals surface area contributed by atoms with Crippen LogP contribution in [0.4, 0.5) is 4.39 Å². The molecule has 0 amide bonds. The summed E-state index contributed by atoms with van der Waals surface area (Å²) in [6.45, 7) is 1.45. The van der Waals surface area contributed by atoms with Crippen molar-refractivity contribution in [2.75, 3.05) is 20.2 Å². The molecule has 0 radical (unpaired) electrons. The summed E-state index contributed by atoms with van der Waals surface area (Å²) in [6, 6.07) is 11.1. The highest BCUT2D eigenvalue weighted by atomic mass is 79.9. The molecule has 0 atom stereocenters. The van der Waals surface area contributed by atoms with Gasteiger partial charge in [0, 0.05) is 45.8 Å². The first-order valence-electron chi connectivity index (χ1n) is 7.92. The zero-order chi connectivity index (χ0) is 17.1. The van der Waals surface area contributed by atoms with E-state index in [1.54, 1.807) is 6.07 Å². The van der Waals surface area contributed by atoms with E-state index in [4.69, 9.17) is 4.74 Å². The van der Waals surface area contributed by atoms with Crippen molar-refractivity contribution in [3.8, 4) is 16.9 Å². The van der Waals surface area contributed by atoms with Crippen LogP contribution in [0.2, 0.25) is 0 Å². The van der Waals surface area contributed by atoms with Crippen molar-refractivity contribution < 1.29 is 9.13 Å². The second-order valence-electron chi connectivity index (χ2n) is 5.76. The van der Waals surface area contributed by atoms with Gasteiger partial charge in [0.05, 0.1) is 6.61 Å². The Morgan fingerprint density at radius 1 is 1.17 bits per heavy atom. The fourth-order valence-electron chi connectivity index (χ4n) is 2.81. The van der Waals surface area contributed by atoms with Gasteiger partial charge in [0.2, 0.25) is 0 Å². The summed E-state index contributed by atoms with van der Waals surface area (Å²) in [5, 5.41) is 4.09. The van der Waals surface area contributed by atoms with Gasteiger partial charge < -0.3 is 14.6 Å². The highest BCUT2D eigenvalue weighted by Gasteiger charge is 2.13. The molecule has 1 heterocycles. The van der Waals surface area contributed by atoms with Gasteiger partial charge in [0.15, 0.2) is 0 Å². The molecular weight excluding hydrogens is 371 g/mol. The van der Waals surface area contributed by atoms with E-state index in [1.807, 2.05) is 49.1 Å². The molecule has 3 aromatic rings. The maximum atomic E-state index is 14.6. The molecule has 0 unspecified atom stereocenters. The van der Waals surface area contributed by atoms with Crippen LogP contribution in [-0.4, -0.2) is 24.8 Å². The fourth-order valence-corrected chi connectivity index (χ4v) is 3.16. The number of nitrogens with zero attached hydrogens (tertiary/aromatic N) is 1. The van der Waals surface area contributed by atoms with E-state index in [9.17, 15) is 4.39 Å². The fraction of sp³-hybridized carbons (Fsp3) is 0.263. The molecule has 5 heteroatoms. The molecule has 0 saturated heterocycles. The van der Waals surface area contributed by atoms with Crippen LogP contribution >= 0.6 is 15.9 Å². The summed E-state index contributed by atoms with van der Waals surface area (Å²) in [7, 11) is 3.87. The molecule has 1 N–H and O–H groups in total. The quantitative estimate of drug-likeness (QED) is 0.615. The second kappa shape index (κ2) is 7.36. The zero-order valence-corrected chi connectivity index (χ0v) is 15.4.